The molecule has 0 spiro atoms. The summed E-state index contributed by atoms with van der Waals surface area (Å²) in [5.74, 6) is 4.65. The number of nitrogens with zero attached hydrogens (tertiary/aromatic N) is 2. The van der Waals surface area contributed by atoms with Gasteiger partial charge in [-0.25, -0.2) is 5.84 Å². The van der Waals surface area contributed by atoms with Crippen LogP contribution in [0.15, 0.2) is 14.7 Å². The predicted molar refractivity (Wildman–Crippen MR) is 62.4 cm³/mol. The fourth-order valence-corrected chi connectivity index (χ4v) is 2.04. The van der Waals surface area contributed by atoms with Gasteiger partial charge in [-0.2, -0.15) is 4.98 Å². The molecule has 0 bridgehead atoms. The van der Waals surface area contributed by atoms with Gasteiger partial charge in [-0.3, -0.25) is 29.6 Å². The number of aromatic nitrogens is 3. The predicted octanol–water partition coefficient (Wildman–Crippen LogP) is -1.67. The lowest BCUT2D eigenvalue weighted by molar-refractivity contribution is -0.121. The average Bonchev–Trinajstić information content (AvgIpc) is 2.25. The summed E-state index contributed by atoms with van der Waals surface area (Å²) >= 11 is 1.20. The Balaban J connectivity index is 2.82. The Bertz CT molecular complexity index is 523. The minimum Gasteiger partial charge on any atom is -0.294 e. The van der Waals surface area contributed by atoms with Crippen molar-refractivity contribution in [1.29, 1.82) is 0 Å². The minimum absolute atomic E-state index is 0.123. The van der Waals surface area contributed by atoms with Crippen molar-refractivity contribution in [1.82, 2.24) is 20.2 Å². The van der Waals surface area contributed by atoms with E-state index in [0.717, 1.165) is 0 Å². The highest BCUT2D eigenvalue weighted by molar-refractivity contribution is 7.99. The third-order valence-electron chi connectivity index (χ3n) is 1.89. The topological polar surface area (TPSA) is 123 Å². The molecule has 0 saturated heterocycles. The van der Waals surface area contributed by atoms with Crippen LogP contribution >= 0.6 is 11.8 Å². The van der Waals surface area contributed by atoms with Gasteiger partial charge in [0.25, 0.3) is 0 Å². The Labute approximate surface area is 101 Å². The first-order valence-corrected chi connectivity index (χ1v) is 5.65. The third-order valence-corrected chi connectivity index (χ3v) is 3.03. The molecule has 1 rings (SSSR count). The van der Waals surface area contributed by atoms with E-state index in [-0.39, 0.29) is 17.6 Å². The molecule has 1 amide bonds. The van der Waals surface area contributed by atoms with E-state index >= 15 is 0 Å². The largest absolute Gasteiger partial charge is 0.339 e. The van der Waals surface area contributed by atoms with Crippen LogP contribution in [0.2, 0.25) is 0 Å². The van der Waals surface area contributed by atoms with Crippen LogP contribution in [0.3, 0.4) is 0 Å². The van der Waals surface area contributed by atoms with Gasteiger partial charge in [-0.05, 0) is 0 Å². The van der Waals surface area contributed by atoms with E-state index in [4.69, 9.17) is 5.84 Å². The van der Waals surface area contributed by atoms with Crippen molar-refractivity contribution in [3.63, 3.8) is 0 Å². The zero-order valence-electron chi connectivity index (χ0n) is 9.39. The van der Waals surface area contributed by atoms with E-state index < -0.39 is 11.1 Å². The zero-order valence-corrected chi connectivity index (χ0v) is 10.2. The molecule has 1 unspecified atom stereocenters. The number of hydrogen-bond donors (Lipinski definition) is 3. The minimum atomic E-state index is -0.846. The Morgan fingerprint density at radius 1 is 1.65 bits per heavy atom. The molecule has 0 radical (unpaired) electrons. The SMILES string of the molecule is CC(CC(=O)NN)Sc1nc(=O)c(=O)[nH]n1C. The number of rotatable bonds is 4. The monoisotopic (exact) mass is 259 g/mol. The van der Waals surface area contributed by atoms with Gasteiger partial charge in [-0.15, -0.1) is 0 Å². The van der Waals surface area contributed by atoms with Crippen LogP contribution < -0.4 is 22.4 Å². The van der Waals surface area contributed by atoms with Crippen LogP contribution in [0.1, 0.15) is 13.3 Å². The molecule has 94 valence electrons. The van der Waals surface area contributed by atoms with Crippen molar-refractivity contribution in [2.24, 2.45) is 12.9 Å². The number of carbonyl (C=O) groups excluding carboxylic acids is 1. The lowest BCUT2D eigenvalue weighted by Gasteiger charge is -2.11. The smallest absolute Gasteiger partial charge is 0.294 e. The number of carbonyl (C=O) groups is 1. The second-order valence-electron chi connectivity index (χ2n) is 3.40. The first kappa shape index (κ1) is 13.5. The van der Waals surface area contributed by atoms with E-state index in [1.54, 1.807) is 14.0 Å². The molecule has 17 heavy (non-hydrogen) atoms. The lowest BCUT2D eigenvalue weighted by Crippen LogP contribution is -2.34. The zero-order chi connectivity index (χ0) is 13.0. The van der Waals surface area contributed by atoms with Crippen LogP contribution in [-0.4, -0.2) is 25.9 Å². The summed E-state index contributed by atoms with van der Waals surface area (Å²) in [5.41, 5.74) is 0.398. The first-order valence-electron chi connectivity index (χ1n) is 4.77. The Kier molecular flexibility index (Phi) is 4.46. The molecule has 0 aliphatic rings. The number of nitrogens with two attached hydrogens (primary N) is 1. The lowest BCUT2D eigenvalue weighted by atomic mass is 10.3. The standard InChI is InChI=1S/C8H13N5O3S/c1-4(3-5(14)11-9)17-8-10-6(15)7(16)12-13(8)2/h4H,3,9H2,1-2H3,(H,11,14)(H,12,16). The average molecular weight is 259 g/mol. The number of hydrazine groups is 1. The van der Waals surface area contributed by atoms with Crippen LogP contribution in [0.5, 0.6) is 0 Å². The maximum atomic E-state index is 11.1. The molecular weight excluding hydrogens is 246 g/mol. The molecule has 4 N–H and O–H groups in total. The maximum Gasteiger partial charge on any atom is 0.339 e. The van der Waals surface area contributed by atoms with Gasteiger partial charge in [0.05, 0.1) is 0 Å². The van der Waals surface area contributed by atoms with E-state index in [2.05, 4.69) is 10.1 Å². The summed E-state index contributed by atoms with van der Waals surface area (Å²) in [6.45, 7) is 1.79. The maximum absolute atomic E-state index is 11.1. The third kappa shape index (κ3) is 3.71. The van der Waals surface area contributed by atoms with Crippen LogP contribution in [-0.2, 0) is 11.8 Å². The van der Waals surface area contributed by atoms with E-state index in [1.807, 2.05) is 5.43 Å². The Morgan fingerprint density at radius 2 is 2.29 bits per heavy atom. The number of thioether (sulfide) groups is 1. The fraction of sp³-hybridized carbons (Fsp3) is 0.500. The summed E-state index contributed by atoms with van der Waals surface area (Å²) in [6, 6.07) is 0. The summed E-state index contributed by atoms with van der Waals surface area (Å²) < 4.78 is 1.34. The summed E-state index contributed by atoms with van der Waals surface area (Å²) in [6.07, 6.45) is 0.191. The number of nitrogens with one attached hydrogen (secondary N) is 2. The van der Waals surface area contributed by atoms with E-state index in [9.17, 15) is 14.4 Å². The van der Waals surface area contributed by atoms with Crippen LogP contribution in [0.25, 0.3) is 0 Å². The highest BCUT2D eigenvalue weighted by atomic mass is 32.2. The van der Waals surface area contributed by atoms with Crippen molar-refractivity contribution >= 4 is 17.7 Å². The molecule has 0 aromatic carbocycles. The molecule has 0 saturated carbocycles. The molecule has 0 fully saturated rings. The van der Waals surface area contributed by atoms with Gasteiger partial charge in [0, 0.05) is 18.7 Å². The first-order chi connectivity index (χ1) is 7.93. The summed E-state index contributed by atoms with van der Waals surface area (Å²) in [4.78, 5) is 36.7. The quantitative estimate of drug-likeness (QED) is 0.195. The number of amides is 1. The second kappa shape index (κ2) is 5.64. The van der Waals surface area contributed by atoms with Gasteiger partial charge in [0.1, 0.15) is 0 Å². The number of aryl methyl sites for hydroxylation is 1. The molecular formula is C8H13N5O3S. The van der Waals surface area contributed by atoms with E-state index in [0.29, 0.717) is 5.16 Å². The van der Waals surface area contributed by atoms with Gasteiger partial charge >= 0.3 is 11.1 Å². The van der Waals surface area contributed by atoms with Crippen molar-refractivity contribution in [3.8, 4) is 0 Å². The van der Waals surface area contributed by atoms with Crippen molar-refractivity contribution in [2.75, 3.05) is 0 Å². The highest BCUT2D eigenvalue weighted by Crippen LogP contribution is 2.20. The fourth-order valence-electron chi connectivity index (χ4n) is 1.11. The van der Waals surface area contributed by atoms with Crippen molar-refractivity contribution in [2.45, 2.75) is 23.8 Å². The van der Waals surface area contributed by atoms with Crippen molar-refractivity contribution < 1.29 is 4.79 Å². The molecule has 1 atom stereocenters. The molecule has 1 heterocycles. The normalized spacial score (nSPS) is 12.2. The number of hydrogen-bond acceptors (Lipinski definition) is 6. The molecule has 0 aliphatic carbocycles. The van der Waals surface area contributed by atoms with Gasteiger partial charge < -0.3 is 0 Å². The Hall–Kier alpha value is -1.61. The highest BCUT2D eigenvalue weighted by Gasteiger charge is 2.13. The summed E-state index contributed by atoms with van der Waals surface area (Å²) in [7, 11) is 1.56. The summed E-state index contributed by atoms with van der Waals surface area (Å²) in [5, 5.41) is 2.54. The molecule has 1 aromatic rings. The molecule has 9 heteroatoms. The van der Waals surface area contributed by atoms with Gasteiger partial charge in [0.15, 0.2) is 5.16 Å². The van der Waals surface area contributed by atoms with Gasteiger partial charge in [0.2, 0.25) is 5.91 Å². The van der Waals surface area contributed by atoms with Crippen LogP contribution in [0, 0.1) is 0 Å². The molecule has 0 aliphatic heterocycles. The van der Waals surface area contributed by atoms with Crippen LogP contribution in [0.4, 0.5) is 0 Å². The van der Waals surface area contributed by atoms with Gasteiger partial charge in [-0.1, -0.05) is 18.7 Å². The molecule has 1 aromatic heterocycles. The molecule has 8 nitrogen and oxygen atoms in total. The van der Waals surface area contributed by atoms with Crippen molar-refractivity contribution in [3.05, 3.63) is 20.7 Å². The van der Waals surface area contributed by atoms with E-state index in [1.165, 1.54) is 16.4 Å². The number of H-pyrrole nitrogens is 1. The Morgan fingerprint density at radius 3 is 2.88 bits per heavy atom. The second-order valence-corrected chi connectivity index (χ2v) is 4.81. The number of aromatic amines is 1.